The summed E-state index contributed by atoms with van der Waals surface area (Å²) in [5, 5.41) is 8.92. The summed E-state index contributed by atoms with van der Waals surface area (Å²) in [4.78, 5) is 32.9. The third kappa shape index (κ3) is 3.68. The highest BCUT2D eigenvalue weighted by atomic mass is 16.3. The minimum Gasteiger partial charge on any atom is -0.483 e. The molecule has 0 fully saturated rings. The van der Waals surface area contributed by atoms with Crippen molar-refractivity contribution in [2.75, 3.05) is 0 Å². The zero-order chi connectivity index (χ0) is 18.4. The highest BCUT2D eigenvalue weighted by Gasteiger charge is 2.10. The lowest BCUT2D eigenvalue weighted by Crippen LogP contribution is -2.36. The Morgan fingerprint density at radius 1 is 1.04 bits per heavy atom. The van der Waals surface area contributed by atoms with Gasteiger partial charge in [0.05, 0.1) is 5.69 Å². The molecule has 6 nitrogen and oxygen atoms in total. The van der Waals surface area contributed by atoms with Crippen molar-refractivity contribution in [3.8, 4) is 5.69 Å². The molecule has 0 aliphatic rings. The summed E-state index contributed by atoms with van der Waals surface area (Å²) in [6, 6.07) is 13.2. The molecule has 0 amide bonds. The first-order valence-corrected chi connectivity index (χ1v) is 7.92. The number of aromatic nitrogens is 2. The van der Waals surface area contributed by atoms with Gasteiger partial charge in [0, 0.05) is 24.7 Å². The topological polar surface area (TPSA) is 81.3 Å². The smallest absolute Gasteiger partial charge is 0.335 e. The Labute approximate surface area is 144 Å². The Kier molecular flexibility index (Phi) is 5.89. The van der Waals surface area contributed by atoms with Crippen LogP contribution in [0, 0.1) is 0 Å². The lowest BCUT2D eigenvalue weighted by atomic mass is 10.00. The minimum atomic E-state index is -0.333. The second-order valence-corrected chi connectivity index (χ2v) is 5.53. The van der Waals surface area contributed by atoms with Crippen molar-refractivity contribution in [3.63, 3.8) is 0 Å². The SMILES string of the molecule is CCCc1cccc2c(-n3c(=O)ccn(C)c3=O)cccc12.O=CO. The third-order valence-electron chi connectivity index (χ3n) is 3.90. The van der Waals surface area contributed by atoms with E-state index in [1.165, 1.54) is 27.0 Å². The predicted octanol–water partition coefficient (Wildman–Crippen LogP) is 2.34. The Morgan fingerprint density at radius 3 is 2.36 bits per heavy atom. The molecule has 25 heavy (non-hydrogen) atoms. The molecule has 0 saturated carbocycles. The van der Waals surface area contributed by atoms with Crippen LogP contribution in [0.3, 0.4) is 0 Å². The van der Waals surface area contributed by atoms with Crippen LogP contribution in [0.2, 0.25) is 0 Å². The maximum Gasteiger partial charge on any atom is 0.335 e. The Balaban J connectivity index is 0.000000701. The van der Waals surface area contributed by atoms with E-state index in [4.69, 9.17) is 9.90 Å². The molecule has 2 aromatic carbocycles. The molecule has 3 aromatic rings. The van der Waals surface area contributed by atoms with Gasteiger partial charge in [-0.1, -0.05) is 43.7 Å². The number of aryl methyl sites for hydroxylation is 2. The molecule has 0 atom stereocenters. The molecule has 1 heterocycles. The number of benzene rings is 2. The molecule has 1 N–H and O–H groups in total. The number of carbonyl (C=O) groups is 1. The van der Waals surface area contributed by atoms with Gasteiger partial charge in [0.25, 0.3) is 12.0 Å². The van der Waals surface area contributed by atoms with Crippen LogP contribution in [0.15, 0.2) is 58.3 Å². The molecule has 3 rings (SSSR count). The van der Waals surface area contributed by atoms with E-state index in [0.29, 0.717) is 5.69 Å². The highest BCUT2D eigenvalue weighted by molar-refractivity contribution is 5.92. The number of fused-ring (bicyclic) bond motifs is 1. The van der Waals surface area contributed by atoms with Gasteiger partial charge in [-0.05, 0) is 23.4 Å². The second-order valence-electron chi connectivity index (χ2n) is 5.53. The molecule has 0 bridgehead atoms. The van der Waals surface area contributed by atoms with Crippen LogP contribution < -0.4 is 11.2 Å². The van der Waals surface area contributed by atoms with Crippen molar-refractivity contribution in [2.24, 2.45) is 7.05 Å². The highest BCUT2D eigenvalue weighted by Crippen LogP contribution is 2.24. The fourth-order valence-corrected chi connectivity index (χ4v) is 2.83. The van der Waals surface area contributed by atoms with Gasteiger partial charge in [0.15, 0.2) is 0 Å². The molecule has 0 saturated heterocycles. The first kappa shape index (κ1) is 18.2. The zero-order valence-corrected chi connectivity index (χ0v) is 14.2. The summed E-state index contributed by atoms with van der Waals surface area (Å²) < 4.78 is 2.65. The summed E-state index contributed by atoms with van der Waals surface area (Å²) in [7, 11) is 1.64. The van der Waals surface area contributed by atoms with Gasteiger partial charge < -0.3 is 9.67 Å². The lowest BCUT2D eigenvalue weighted by molar-refractivity contribution is -0.122. The van der Waals surface area contributed by atoms with Gasteiger partial charge in [-0.2, -0.15) is 0 Å². The molecule has 130 valence electrons. The Morgan fingerprint density at radius 2 is 1.68 bits per heavy atom. The fraction of sp³-hybridized carbons (Fsp3) is 0.211. The first-order valence-electron chi connectivity index (χ1n) is 7.92. The van der Waals surface area contributed by atoms with Crippen molar-refractivity contribution >= 4 is 17.2 Å². The van der Waals surface area contributed by atoms with Crippen molar-refractivity contribution in [1.29, 1.82) is 0 Å². The van der Waals surface area contributed by atoms with Gasteiger partial charge in [0.1, 0.15) is 0 Å². The van der Waals surface area contributed by atoms with Gasteiger partial charge >= 0.3 is 5.69 Å². The van der Waals surface area contributed by atoms with E-state index in [1.807, 2.05) is 30.3 Å². The van der Waals surface area contributed by atoms with Crippen LogP contribution in [-0.4, -0.2) is 20.7 Å². The van der Waals surface area contributed by atoms with E-state index in [9.17, 15) is 9.59 Å². The van der Waals surface area contributed by atoms with Gasteiger partial charge in [-0.3, -0.25) is 9.59 Å². The summed E-state index contributed by atoms with van der Waals surface area (Å²) in [5.74, 6) is 0. The largest absolute Gasteiger partial charge is 0.483 e. The summed E-state index contributed by atoms with van der Waals surface area (Å²) >= 11 is 0. The van der Waals surface area contributed by atoms with Gasteiger partial charge in [0.2, 0.25) is 0 Å². The molecule has 6 heteroatoms. The normalized spacial score (nSPS) is 10.2. The van der Waals surface area contributed by atoms with E-state index in [0.717, 1.165) is 23.6 Å². The lowest BCUT2D eigenvalue weighted by Gasteiger charge is -2.12. The number of rotatable bonds is 3. The van der Waals surface area contributed by atoms with Crippen LogP contribution in [0.1, 0.15) is 18.9 Å². The maximum absolute atomic E-state index is 12.4. The number of hydrogen-bond acceptors (Lipinski definition) is 3. The molecule has 0 spiro atoms. The van der Waals surface area contributed by atoms with E-state index >= 15 is 0 Å². The van der Waals surface area contributed by atoms with E-state index in [1.54, 1.807) is 7.05 Å². The van der Waals surface area contributed by atoms with Crippen LogP contribution in [0.5, 0.6) is 0 Å². The monoisotopic (exact) mass is 340 g/mol. The zero-order valence-electron chi connectivity index (χ0n) is 14.2. The molecular weight excluding hydrogens is 320 g/mol. The molecule has 0 aliphatic carbocycles. The summed E-state index contributed by atoms with van der Waals surface area (Å²) in [6.07, 6.45) is 3.52. The van der Waals surface area contributed by atoms with E-state index in [-0.39, 0.29) is 17.7 Å². The number of nitrogens with zero attached hydrogens (tertiary/aromatic N) is 2. The van der Waals surface area contributed by atoms with E-state index in [2.05, 4.69) is 13.0 Å². The number of hydrogen-bond donors (Lipinski definition) is 1. The molecule has 0 radical (unpaired) electrons. The second kappa shape index (κ2) is 8.10. The van der Waals surface area contributed by atoms with Crippen molar-refractivity contribution < 1.29 is 9.90 Å². The van der Waals surface area contributed by atoms with Crippen LogP contribution in [0.25, 0.3) is 16.5 Å². The van der Waals surface area contributed by atoms with Crippen molar-refractivity contribution in [1.82, 2.24) is 9.13 Å². The van der Waals surface area contributed by atoms with Crippen molar-refractivity contribution in [3.05, 3.63) is 75.1 Å². The average Bonchev–Trinajstić information content (AvgIpc) is 2.60. The quantitative estimate of drug-likeness (QED) is 0.742. The fourth-order valence-electron chi connectivity index (χ4n) is 2.83. The predicted molar refractivity (Wildman–Crippen MR) is 97.5 cm³/mol. The Hall–Kier alpha value is -3.15. The standard InChI is InChI=1S/C18H18N2O2.CH2O2/c1-3-6-13-7-4-9-15-14(13)8-5-10-16(15)20-17(21)11-12-19(2)18(20)22;2-1-3/h4-5,7-12H,3,6H2,1-2H3;1H,(H,2,3). The van der Waals surface area contributed by atoms with Crippen molar-refractivity contribution in [2.45, 2.75) is 19.8 Å². The molecule has 0 unspecified atom stereocenters. The van der Waals surface area contributed by atoms with Gasteiger partial charge in [-0.15, -0.1) is 0 Å². The van der Waals surface area contributed by atoms with Crippen LogP contribution in [0.4, 0.5) is 0 Å². The molecule has 0 aliphatic heterocycles. The molecule has 1 aromatic heterocycles. The Bertz CT molecular complexity index is 1000. The van der Waals surface area contributed by atoms with E-state index < -0.39 is 0 Å². The number of carboxylic acid groups (broad SMARTS) is 1. The minimum absolute atomic E-state index is 0.250. The third-order valence-corrected chi connectivity index (χ3v) is 3.90. The summed E-state index contributed by atoms with van der Waals surface area (Å²) in [6.45, 7) is 1.89. The van der Waals surface area contributed by atoms with Crippen LogP contribution >= 0.6 is 0 Å². The summed E-state index contributed by atoms with van der Waals surface area (Å²) in [5.41, 5.74) is 1.24. The maximum atomic E-state index is 12.4. The van der Waals surface area contributed by atoms with Crippen LogP contribution in [-0.2, 0) is 18.3 Å². The average molecular weight is 340 g/mol. The first-order chi connectivity index (χ1) is 12.0. The molecular formula is C19H20N2O4. The van der Waals surface area contributed by atoms with Gasteiger partial charge in [-0.25, -0.2) is 9.36 Å².